The normalized spacial score (nSPS) is 13.2. The van der Waals surface area contributed by atoms with Crippen molar-refractivity contribution in [1.82, 2.24) is 14.7 Å². The molecular weight excluding hydrogens is 548 g/mol. The van der Waals surface area contributed by atoms with Gasteiger partial charge < -0.3 is 9.64 Å². The average molecular weight is 577 g/mol. The Bertz CT molecular complexity index is 1620. The zero-order valence-electron chi connectivity index (χ0n) is 22.2. The third kappa shape index (κ3) is 6.26. The summed E-state index contributed by atoms with van der Waals surface area (Å²) in [6.45, 7) is 5.30. The fourth-order valence-electron chi connectivity index (χ4n) is 4.48. The second-order valence-electron chi connectivity index (χ2n) is 9.87. The smallest absolute Gasteiger partial charge is 0.268 e. The fourth-order valence-corrected chi connectivity index (χ4v) is 5.57. The molecule has 0 fully saturated rings. The van der Waals surface area contributed by atoms with Gasteiger partial charge >= 0.3 is 0 Å². The molecule has 1 amide bonds. The van der Waals surface area contributed by atoms with Crippen molar-refractivity contribution in [1.29, 1.82) is 0 Å². The topological polar surface area (TPSA) is 101 Å². The van der Waals surface area contributed by atoms with Gasteiger partial charge in [-0.05, 0) is 65.4 Å². The lowest BCUT2D eigenvalue weighted by Gasteiger charge is -2.29. The largest absolute Gasteiger partial charge is 0.487 e. The van der Waals surface area contributed by atoms with E-state index in [4.69, 9.17) is 16.3 Å². The summed E-state index contributed by atoms with van der Waals surface area (Å²) in [6, 6.07) is 21.5. The Kier molecular flexibility index (Phi) is 8.04. The molecule has 0 unspecified atom stereocenters. The van der Waals surface area contributed by atoms with Crippen LogP contribution in [0.5, 0.6) is 5.75 Å². The number of fused-ring (bicyclic) bond motifs is 1. The lowest BCUT2D eigenvalue weighted by Crippen LogP contribution is -2.34. The van der Waals surface area contributed by atoms with Gasteiger partial charge in [-0.3, -0.25) is 4.79 Å². The van der Waals surface area contributed by atoms with Crippen LogP contribution in [-0.2, 0) is 29.6 Å². The molecule has 0 atom stereocenters. The first-order chi connectivity index (χ1) is 19.2. The molecule has 1 N–H and O–H groups in total. The van der Waals surface area contributed by atoms with Crippen LogP contribution in [0.2, 0.25) is 5.02 Å². The molecule has 4 aromatic rings. The molecule has 2 heterocycles. The highest BCUT2D eigenvalue weighted by atomic mass is 35.5. The van der Waals surface area contributed by atoms with Crippen molar-refractivity contribution in [3.63, 3.8) is 0 Å². The predicted octanol–water partition coefficient (Wildman–Crippen LogP) is 5.51. The Labute approximate surface area is 239 Å². The Morgan fingerprint density at radius 1 is 1.02 bits per heavy atom. The van der Waals surface area contributed by atoms with Crippen LogP contribution in [0.3, 0.4) is 0 Å². The average Bonchev–Trinajstić information content (AvgIpc) is 2.96. The van der Waals surface area contributed by atoms with Gasteiger partial charge in [0.1, 0.15) is 12.4 Å². The van der Waals surface area contributed by atoms with Crippen molar-refractivity contribution >= 4 is 33.5 Å². The summed E-state index contributed by atoms with van der Waals surface area (Å²) in [5.41, 5.74) is 3.75. The molecule has 1 aromatic heterocycles. The van der Waals surface area contributed by atoms with E-state index >= 15 is 0 Å². The van der Waals surface area contributed by atoms with Gasteiger partial charge in [0.25, 0.3) is 15.9 Å². The minimum Gasteiger partial charge on any atom is -0.487 e. The van der Waals surface area contributed by atoms with Gasteiger partial charge in [-0.25, -0.2) is 23.1 Å². The number of hydrogen-bond donors (Lipinski definition) is 1. The highest BCUT2D eigenvalue weighted by Gasteiger charge is 2.25. The maximum Gasteiger partial charge on any atom is 0.268 e. The molecular formula is C30H29ClN4O4S. The summed E-state index contributed by atoms with van der Waals surface area (Å²) < 4.78 is 34.1. The van der Waals surface area contributed by atoms with Crippen molar-refractivity contribution in [2.24, 2.45) is 0 Å². The zero-order chi connectivity index (χ0) is 28.3. The summed E-state index contributed by atoms with van der Waals surface area (Å²) in [5.74, 6) is 0.380. The highest BCUT2D eigenvalue weighted by molar-refractivity contribution is 7.90. The maximum absolute atomic E-state index is 13.3. The number of benzene rings is 3. The van der Waals surface area contributed by atoms with Gasteiger partial charge in [0.15, 0.2) is 0 Å². The number of ether oxygens (including phenoxy) is 1. The maximum atomic E-state index is 13.3. The molecule has 8 nitrogen and oxygen atoms in total. The Morgan fingerprint density at radius 3 is 2.42 bits per heavy atom. The number of nitrogens with zero attached hydrogens (tertiary/aromatic N) is 3. The van der Waals surface area contributed by atoms with Crippen molar-refractivity contribution in [2.75, 3.05) is 11.4 Å². The number of hydrogen-bond acceptors (Lipinski definition) is 7. The quantitative estimate of drug-likeness (QED) is 0.295. The molecule has 0 saturated carbocycles. The minimum atomic E-state index is -4.12. The van der Waals surface area contributed by atoms with E-state index in [1.807, 2.05) is 30.9 Å². The van der Waals surface area contributed by atoms with Crippen molar-refractivity contribution in [3.05, 3.63) is 112 Å². The summed E-state index contributed by atoms with van der Waals surface area (Å²) in [7, 11) is -4.12. The number of anilines is 1. The van der Waals surface area contributed by atoms with E-state index in [0.717, 1.165) is 12.0 Å². The van der Waals surface area contributed by atoms with Crippen LogP contribution in [-0.4, -0.2) is 30.8 Å². The summed E-state index contributed by atoms with van der Waals surface area (Å²) >= 11 is 5.98. The van der Waals surface area contributed by atoms with E-state index in [2.05, 4.69) is 26.8 Å². The van der Waals surface area contributed by atoms with Gasteiger partial charge in [-0.1, -0.05) is 61.8 Å². The van der Waals surface area contributed by atoms with E-state index in [1.165, 1.54) is 29.5 Å². The third-order valence-corrected chi connectivity index (χ3v) is 8.39. The van der Waals surface area contributed by atoms with Crippen LogP contribution >= 0.6 is 11.6 Å². The Morgan fingerprint density at radius 2 is 1.73 bits per heavy atom. The summed E-state index contributed by atoms with van der Waals surface area (Å²) in [4.78, 5) is 24.4. The monoisotopic (exact) mass is 576 g/mol. The van der Waals surface area contributed by atoms with Crippen LogP contribution in [0.25, 0.3) is 0 Å². The molecule has 40 heavy (non-hydrogen) atoms. The Balaban J connectivity index is 1.42. The van der Waals surface area contributed by atoms with E-state index in [-0.39, 0.29) is 28.7 Å². The fraction of sp³-hybridized carbons (Fsp3) is 0.233. The number of halogens is 1. The molecule has 3 aromatic carbocycles. The van der Waals surface area contributed by atoms with E-state index in [1.54, 1.807) is 36.4 Å². The first-order valence-corrected chi connectivity index (χ1v) is 14.8. The Hall–Kier alpha value is -3.95. The van der Waals surface area contributed by atoms with Crippen LogP contribution < -0.4 is 14.4 Å². The molecule has 1 aliphatic heterocycles. The number of carbonyl (C=O) groups is 1. The van der Waals surface area contributed by atoms with Crippen LogP contribution in [0.15, 0.2) is 83.9 Å². The van der Waals surface area contributed by atoms with Crippen LogP contribution in [0.1, 0.15) is 52.5 Å². The molecule has 206 valence electrons. The van der Waals surface area contributed by atoms with Gasteiger partial charge in [-0.15, -0.1) is 0 Å². The molecule has 10 heteroatoms. The van der Waals surface area contributed by atoms with Crippen molar-refractivity contribution in [2.45, 2.75) is 44.2 Å². The SMILES string of the molecule is CC(C)c1ccc(S(=O)(=O)NC(=O)c2cnc(N3CCc4ccccc4C3)nc2COc2ccc(Cl)cc2)cc1. The van der Waals surface area contributed by atoms with Gasteiger partial charge in [0.2, 0.25) is 5.95 Å². The number of carbonyl (C=O) groups excluding carboxylic acids is 1. The molecule has 1 aliphatic rings. The predicted molar refractivity (Wildman–Crippen MR) is 154 cm³/mol. The molecule has 0 saturated heterocycles. The van der Waals surface area contributed by atoms with E-state index in [0.29, 0.717) is 29.8 Å². The number of sulfonamides is 1. The van der Waals surface area contributed by atoms with Crippen LogP contribution in [0, 0.1) is 0 Å². The standard InChI is InChI=1S/C30H29ClN4O4S/c1-20(2)21-7-13-26(14-8-21)40(37,38)34-29(36)27-17-32-30(35-16-15-22-5-3-4-6-23(22)18-35)33-28(27)19-39-25-11-9-24(31)10-12-25/h3-14,17,20H,15-16,18-19H2,1-2H3,(H,34,36). The minimum absolute atomic E-state index is 0.00580. The number of aromatic nitrogens is 2. The molecule has 0 bridgehead atoms. The molecule has 0 aliphatic carbocycles. The number of nitrogens with one attached hydrogen (secondary N) is 1. The molecule has 5 rings (SSSR count). The third-order valence-electron chi connectivity index (χ3n) is 6.79. The molecule has 0 spiro atoms. The number of amides is 1. The van der Waals surface area contributed by atoms with Crippen molar-refractivity contribution < 1.29 is 17.9 Å². The highest BCUT2D eigenvalue weighted by Crippen LogP contribution is 2.24. The van der Waals surface area contributed by atoms with E-state index < -0.39 is 15.9 Å². The van der Waals surface area contributed by atoms with Gasteiger partial charge in [0, 0.05) is 24.3 Å². The lowest BCUT2D eigenvalue weighted by atomic mass is 10.0. The van der Waals surface area contributed by atoms with Gasteiger partial charge in [-0.2, -0.15) is 0 Å². The van der Waals surface area contributed by atoms with Gasteiger partial charge in [0.05, 0.1) is 16.2 Å². The second-order valence-corrected chi connectivity index (χ2v) is 12.0. The first-order valence-electron chi connectivity index (χ1n) is 12.9. The molecule has 0 radical (unpaired) electrons. The zero-order valence-corrected chi connectivity index (χ0v) is 23.7. The summed E-state index contributed by atoms with van der Waals surface area (Å²) in [6.07, 6.45) is 2.20. The summed E-state index contributed by atoms with van der Waals surface area (Å²) in [5, 5.41) is 0.564. The van der Waals surface area contributed by atoms with E-state index in [9.17, 15) is 13.2 Å². The first kappa shape index (κ1) is 27.6. The lowest BCUT2D eigenvalue weighted by molar-refractivity contribution is 0.0978. The number of rotatable bonds is 8. The van der Waals surface area contributed by atoms with Crippen molar-refractivity contribution in [3.8, 4) is 5.75 Å². The van der Waals surface area contributed by atoms with Crippen LogP contribution in [0.4, 0.5) is 5.95 Å². The second kappa shape index (κ2) is 11.7.